The minimum Gasteiger partial charge on any atom is -0.462 e. The van der Waals surface area contributed by atoms with Crippen LogP contribution in [0.3, 0.4) is 0 Å². The Balaban J connectivity index is 1.43. The Kier molecular flexibility index (Phi) is 18.9. The molecule has 17 atom stereocenters. The molecule has 15 nitrogen and oxygen atoms in total. The highest BCUT2D eigenvalue weighted by Gasteiger charge is 2.48. The summed E-state index contributed by atoms with van der Waals surface area (Å²) < 4.78 is 42.7. The smallest absolute Gasteiger partial charge is 0.308 e. The third kappa shape index (κ3) is 12.5. The second kappa shape index (κ2) is 23.2. The molecule has 4 heterocycles. The lowest BCUT2D eigenvalue weighted by atomic mass is 9.79. The van der Waals surface area contributed by atoms with Crippen molar-refractivity contribution in [3.05, 3.63) is 47.0 Å². The summed E-state index contributed by atoms with van der Waals surface area (Å²) in [6, 6.07) is 7.69. The molecule has 15 heteroatoms. The lowest BCUT2D eigenvalue weighted by molar-refractivity contribution is -0.304. The first-order chi connectivity index (χ1) is 29.5. The van der Waals surface area contributed by atoms with E-state index in [1.165, 1.54) is 25.3 Å². The maximum absolute atomic E-state index is 14.1. The Hall–Kier alpha value is -2.38. The van der Waals surface area contributed by atoms with E-state index in [4.69, 9.17) is 33.2 Å². The highest BCUT2D eigenvalue weighted by molar-refractivity contribution is 5.80. The molecule has 2 saturated heterocycles. The van der Waals surface area contributed by atoms with E-state index in [0.717, 1.165) is 18.7 Å². The molecule has 4 aliphatic heterocycles. The van der Waals surface area contributed by atoms with E-state index in [2.05, 4.69) is 17.0 Å². The van der Waals surface area contributed by atoms with Gasteiger partial charge in [-0.25, -0.2) is 0 Å². The van der Waals surface area contributed by atoms with Crippen LogP contribution in [0.15, 0.2) is 35.9 Å². The molecule has 0 radical (unpaired) electrons. The molecule has 0 bridgehead atoms. The fourth-order valence-electron chi connectivity index (χ4n) is 9.86. The number of fused-ring (bicyclic) bond motifs is 1. The molecule has 4 N–H and O–H groups in total. The molecule has 352 valence electrons. The van der Waals surface area contributed by atoms with Gasteiger partial charge in [0.25, 0.3) is 0 Å². The van der Waals surface area contributed by atoms with Gasteiger partial charge in [0.15, 0.2) is 12.6 Å². The van der Waals surface area contributed by atoms with E-state index in [1.807, 2.05) is 45.9 Å². The number of ketones is 1. The fraction of sp³-hybridized carbons (Fsp3) is 0.787. The average molecular weight is 877 g/mol. The second-order valence-electron chi connectivity index (χ2n) is 18.6. The average Bonchev–Trinajstić information content (AvgIpc) is 3.66. The fourth-order valence-corrected chi connectivity index (χ4v) is 9.86. The molecule has 62 heavy (non-hydrogen) atoms. The van der Waals surface area contributed by atoms with Gasteiger partial charge in [-0.1, -0.05) is 56.7 Å². The predicted octanol–water partition coefficient (Wildman–Crippen LogP) is 3.60. The molecule has 0 amide bonds. The second-order valence-corrected chi connectivity index (χ2v) is 18.6. The van der Waals surface area contributed by atoms with Crippen molar-refractivity contribution in [3.63, 3.8) is 0 Å². The van der Waals surface area contributed by atoms with Gasteiger partial charge in [0.2, 0.25) is 0 Å². The van der Waals surface area contributed by atoms with E-state index >= 15 is 0 Å². The Morgan fingerprint density at radius 1 is 0.839 bits per heavy atom. The molecule has 1 aromatic rings. The molecule has 2 fully saturated rings. The van der Waals surface area contributed by atoms with Gasteiger partial charge in [0.1, 0.15) is 36.3 Å². The Morgan fingerprint density at radius 2 is 1.47 bits per heavy atom. The maximum atomic E-state index is 14.1. The van der Waals surface area contributed by atoms with Crippen molar-refractivity contribution in [2.24, 2.45) is 23.7 Å². The number of Topliss-reactive ketones (excluding diaryl/α,β-unsaturated/α-hetero) is 1. The first kappa shape index (κ1) is 50.6. The zero-order valence-electron chi connectivity index (χ0n) is 38.6. The lowest BCUT2D eigenvalue weighted by Crippen LogP contribution is -2.63. The van der Waals surface area contributed by atoms with Crippen molar-refractivity contribution in [2.75, 3.05) is 41.5 Å². The maximum Gasteiger partial charge on any atom is 0.308 e. The molecular weight excluding hydrogens is 801 g/mol. The number of likely N-dealkylation sites (N-methyl/N-ethyl adjacent to an activating group) is 1. The van der Waals surface area contributed by atoms with Crippen LogP contribution in [-0.4, -0.2) is 163 Å². The van der Waals surface area contributed by atoms with Crippen molar-refractivity contribution < 1.29 is 63.2 Å². The van der Waals surface area contributed by atoms with Gasteiger partial charge in [-0.2, -0.15) is 0 Å². The van der Waals surface area contributed by atoms with Crippen LogP contribution in [-0.2, 0) is 55.8 Å². The molecule has 5 rings (SSSR count). The van der Waals surface area contributed by atoms with Crippen molar-refractivity contribution >= 4 is 11.8 Å². The molecule has 2 unspecified atom stereocenters. The van der Waals surface area contributed by atoms with E-state index in [-0.39, 0.29) is 37.1 Å². The van der Waals surface area contributed by atoms with Crippen LogP contribution in [0.25, 0.3) is 0 Å². The van der Waals surface area contributed by atoms with Gasteiger partial charge in [0, 0.05) is 51.5 Å². The number of nitrogens with zero attached hydrogens (tertiary/aromatic N) is 2. The predicted molar refractivity (Wildman–Crippen MR) is 230 cm³/mol. The van der Waals surface area contributed by atoms with Crippen LogP contribution < -0.4 is 0 Å². The number of rotatable bonds is 12. The van der Waals surface area contributed by atoms with Gasteiger partial charge in [-0.3, -0.25) is 14.5 Å². The first-order valence-electron chi connectivity index (χ1n) is 22.7. The van der Waals surface area contributed by atoms with Crippen LogP contribution in [0.5, 0.6) is 0 Å². The van der Waals surface area contributed by atoms with Crippen LogP contribution in [0.1, 0.15) is 91.2 Å². The molecule has 1 aromatic carbocycles. The molecule has 0 aromatic heterocycles. The Bertz CT molecular complexity index is 1590. The number of methoxy groups -OCH3 is 2. The topological polar surface area (TPSA) is 186 Å². The summed E-state index contributed by atoms with van der Waals surface area (Å²) in [5.74, 6) is -2.28. The van der Waals surface area contributed by atoms with Crippen molar-refractivity contribution in [3.8, 4) is 0 Å². The molecule has 0 spiro atoms. The summed E-state index contributed by atoms with van der Waals surface area (Å²) >= 11 is 0. The third-order valence-corrected chi connectivity index (χ3v) is 13.8. The van der Waals surface area contributed by atoms with Crippen molar-refractivity contribution in [1.82, 2.24) is 9.80 Å². The minimum absolute atomic E-state index is 0.0701. The Morgan fingerprint density at radius 3 is 2.08 bits per heavy atom. The van der Waals surface area contributed by atoms with E-state index in [9.17, 15) is 30.0 Å². The van der Waals surface area contributed by atoms with Crippen LogP contribution >= 0.6 is 0 Å². The number of cyclic esters (lactones) is 1. The largest absolute Gasteiger partial charge is 0.462 e. The van der Waals surface area contributed by atoms with Gasteiger partial charge < -0.3 is 58.5 Å². The number of aliphatic hydroxyl groups excluding tert-OH is 4. The molecule has 0 saturated carbocycles. The normalized spacial score (nSPS) is 40.5. The SMILES string of the molecule is CC[C@H]1OC(=O)C[C@@H](O)[C@H](C)[C@@H](O[C@@H]2O[C@H](C)[C@@H](O)C(N(C)C)[C@H]2O)[C@@H](CCN2Cc3ccccc3C2)C[C@@H](C)C(=O)CC/C(C)=C/C1CO[C@@H]1O[C@H](C)[C@@H](O)[C@@H](OC)[C@H]1OC. The number of ether oxygens (including phenoxy) is 7. The molecule has 4 aliphatic rings. The van der Waals surface area contributed by atoms with Crippen LogP contribution in [0.4, 0.5) is 0 Å². The summed E-state index contributed by atoms with van der Waals surface area (Å²) in [5, 5.41) is 45.3. The highest BCUT2D eigenvalue weighted by atomic mass is 16.7. The lowest BCUT2D eigenvalue weighted by Gasteiger charge is -2.46. The number of esters is 1. The summed E-state index contributed by atoms with van der Waals surface area (Å²) in [4.78, 5) is 32.1. The number of allylic oxidation sites excluding steroid dienone is 1. The zero-order chi connectivity index (χ0) is 45.4. The van der Waals surface area contributed by atoms with Crippen molar-refractivity contribution in [1.29, 1.82) is 0 Å². The number of benzene rings is 1. The van der Waals surface area contributed by atoms with Crippen LogP contribution in [0, 0.1) is 23.7 Å². The number of aliphatic hydroxyl groups is 4. The number of hydrogen-bond donors (Lipinski definition) is 4. The third-order valence-electron chi connectivity index (χ3n) is 13.8. The molecule has 0 aliphatic carbocycles. The number of hydrogen-bond acceptors (Lipinski definition) is 15. The van der Waals surface area contributed by atoms with E-state index < -0.39 is 97.5 Å². The summed E-state index contributed by atoms with van der Waals surface area (Å²) in [6.45, 7) is 13.5. The highest BCUT2D eigenvalue weighted by Crippen LogP contribution is 2.36. The number of carbonyl (C=O) groups excluding carboxylic acids is 2. The van der Waals surface area contributed by atoms with Gasteiger partial charge in [-0.05, 0) is 84.1 Å². The monoisotopic (exact) mass is 877 g/mol. The Labute approximate surface area is 368 Å². The molecular formula is C47H76N2O13. The quantitative estimate of drug-likeness (QED) is 0.176. The van der Waals surface area contributed by atoms with E-state index in [1.54, 1.807) is 32.8 Å². The summed E-state index contributed by atoms with van der Waals surface area (Å²) in [7, 11) is 6.55. The van der Waals surface area contributed by atoms with Gasteiger partial charge in [0.05, 0.1) is 49.6 Å². The van der Waals surface area contributed by atoms with Crippen LogP contribution in [0.2, 0.25) is 0 Å². The number of carbonyl (C=O) groups is 2. The summed E-state index contributed by atoms with van der Waals surface area (Å²) in [6.07, 6.45) is -6.56. The first-order valence-corrected chi connectivity index (χ1v) is 22.7. The van der Waals surface area contributed by atoms with Crippen molar-refractivity contribution in [2.45, 2.75) is 173 Å². The van der Waals surface area contributed by atoms with E-state index in [0.29, 0.717) is 32.2 Å². The standard InChI is InChI=1S/C47H76N2O13/c1-11-37-34(25-58-47-45(57-10)44(56-9)41(54)30(6)60-47)20-26(2)16-17-35(50)27(3)21-31(18-19-49-23-32-14-12-13-15-33(32)24-49)43(28(4)36(51)22-38(52)61-37)62-46-42(55)39(48(7)8)40(53)29(5)59-46/h12-15,20,27-31,34,36-37,39-47,51,53-55H,11,16-19,21-25H2,1-10H3/b26-20+/t27-,28+,29-,30-,31+,34?,36-,37-,39?,40-,41-,42-,43-,44-,45-,46+,47-/m1/s1. The summed E-state index contributed by atoms with van der Waals surface area (Å²) in [5.41, 5.74) is 3.49. The zero-order valence-corrected chi connectivity index (χ0v) is 38.6. The van der Waals surface area contributed by atoms with Gasteiger partial charge in [-0.15, -0.1) is 0 Å². The van der Waals surface area contributed by atoms with Gasteiger partial charge >= 0.3 is 5.97 Å². The minimum atomic E-state index is -1.23.